The number of nitrogens with two attached hydrogens (primary N) is 1. The zero-order valence-electron chi connectivity index (χ0n) is 15.1. The van der Waals surface area contributed by atoms with Crippen molar-refractivity contribution in [2.24, 2.45) is 5.92 Å². The monoisotopic (exact) mass is 386 g/mol. The standard InChI is InChI=1S/C17H21F3N4O3/c1-3-26-16(25)12-9(2)27-15-13(12)14(21)22-11(23-15)8-24-6-4-5-10(7-24)17(18,19)20/h10H,3-8H2,1-2H3,(H2,21,22,23). The van der Waals surface area contributed by atoms with Crippen molar-refractivity contribution in [2.75, 3.05) is 25.4 Å². The fourth-order valence-electron chi connectivity index (χ4n) is 3.37. The molecule has 27 heavy (non-hydrogen) atoms. The van der Waals surface area contributed by atoms with E-state index in [0.29, 0.717) is 18.7 Å². The van der Waals surface area contributed by atoms with Gasteiger partial charge in [-0.25, -0.2) is 9.78 Å². The molecule has 1 unspecified atom stereocenters. The van der Waals surface area contributed by atoms with E-state index in [1.165, 1.54) is 0 Å². The third-order valence-electron chi connectivity index (χ3n) is 4.61. The van der Waals surface area contributed by atoms with Crippen LogP contribution in [0.5, 0.6) is 0 Å². The summed E-state index contributed by atoms with van der Waals surface area (Å²) in [5.74, 6) is -1.34. The molecule has 1 atom stereocenters. The van der Waals surface area contributed by atoms with Gasteiger partial charge in [0.1, 0.15) is 23.0 Å². The van der Waals surface area contributed by atoms with Gasteiger partial charge < -0.3 is 14.9 Å². The van der Waals surface area contributed by atoms with Crippen LogP contribution in [0.25, 0.3) is 11.1 Å². The molecular formula is C17H21F3N4O3. The van der Waals surface area contributed by atoms with Crippen LogP contribution >= 0.6 is 0 Å². The molecule has 0 radical (unpaired) electrons. The van der Waals surface area contributed by atoms with Gasteiger partial charge in [-0.05, 0) is 33.2 Å². The molecule has 0 bridgehead atoms. The molecule has 1 aliphatic rings. The number of esters is 1. The number of furan rings is 1. The number of carbonyl (C=O) groups excluding carboxylic acids is 1. The summed E-state index contributed by atoms with van der Waals surface area (Å²) in [5, 5.41) is 0.265. The van der Waals surface area contributed by atoms with Gasteiger partial charge in [-0.2, -0.15) is 18.2 Å². The lowest BCUT2D eigenvalue weighted by Crippen LogP contribution is -2.41. The maximum absolute atomic E-state index is 13.0. The highest BCUT2D eigenvalue weighted by molar-refractivity contribution is 6.07. The smallest absolute Gasteiger partial charge is 0.393 e. The van der Waals surface area contributed by atoms with E-state index in [2.05, 4.69) is 9.97 Å². The molecule has 0 aliphatic carbocycles. The number of aromatic nitrogens is 2. The van der Waals surface area contributed by atoms with Crippen LogP contribution in [0.3, 0.4) is 0 Å². The van der Waals surface area contributed by atoms with E-state index in [9.17, 15) is 18.0 Å². The molecule has 2 aromatic heterocycles. The summed E-state index contributed by atoms with van der Waals surface area (Å²) < 4.78 is 49.4. The average molecular weight is 386 g/mol. The van der Waals surface area contributed by atoms with Crippen molar-refractivity contribution in [3.8, 4) is 0 Å². The molecule has 148 valence electrons. The molecule has 7 nitrogen and oxygen atoms in total. The van der Waals surface area contributed by atoms with E-state index < -0.39 is 18.1 Å². The summed E-state index contributed by atoms with van der Waals surface area (Å²) in [6, 6.07) is 0. The topological polar surface area (TPSA) is 94.5 Å². The number of ether oxygens (including phenoxy) is 1. The normalized spacial score (nSPS) is 18.8. The Kier molecular flexibility index (Phi) is 5.27. The van der Waals surface area contributed by atoms with Gasteiger partial charge in [0.2, 0.25) is 5.71 Å². The van der Waals surface area contributed by atoms with Gasteiger partial charge >= 0.3 is 12.1 Å². The Bertz CT molecular complexity index is 850. The lowest BCUT2D eigenvalue weighted by molar-refractivity contribution is -0.187. The summed E-state index contributed by atoms with van der Waals surface area (Å²) in [4.78, 5) is 22.2. The number of halogens is 3. The summed E-state index contributed by atoms with van der Waals surface area (Å²) in [5.41, 5.74) is 6.29. The number of likely N-dealkylation sites (tertiary alicyclic amines) is 1. The first kappa shape index (κ1) is 19.4. The zero-order chi connectivity index (χ0) is 19.8. The maximum atomic E-state index is 13.0. The Morgan fingerprint density at radius 3 is 2.81 bits per heavy atom. The maximum Gasteiger partial charge on any atom is 0.393 e. The number of nitrogens with zero attached hydrogens (tertiary/aromatic N) is 3. The van der Waals surface area contributed by atoms with E-state index in [1.54, 1.807) is 18.7 Å². The van der Waals surface area contributed by atoms with Crippen molar-refractivity contribution < 1.29 is 27.1 Å². The Labute approximate surface area is 153 Å². The summed E-state index contributed by atoms with van der Waals surface area (Å²) in [6.45, 7) is 4.02. The van der Waals surface area contributed by atoms with E-state index in [0.717, 1.165) is 0 Å². The number of rotatable bonds is 4. The molecular weight excluding hydrogens is 365 g/mol. The Balaban J connectivity index is 1.86. The molecule has 0 aromatic carbocycles. The van der Waals surface area contributed by atoms with Gasteiger partial charge in [0.25, 0.3) is 0 Å². The number of anilines is 1. The number of piperidine rings is 1. The quantitative estimate of drug-likeness (QED) is 0.807. The van der Waals surface area contributed by atoms with Crippen molar-refractivity contribution in [2.45, 2.75) is 39.4 Å². The zero-order valence-corrected chi connectivity index (χ0v) is 15.1. The number of alkyl halides is 3. The predicted molar refractivity (Wildman–Crippen MR) is 91.0 cm³/mol. The van der Waals surface area contributed by atoms with Crippen molar-refractivity contribution in [1.82, 2.24) is 14.9 Å². The first-order valence-corrected chi connectivity index (χ1v) is 8.72. The largest absolute Gasteiger partial charge is 0.462 e. The van der Waals surface area contributed by atoms with Crippen molar-refractivity contribution in [1.29, 1.82) is 0 Å². The molecule has 2 N–H and O–H groups in total. The second kappa shape index (κ2) is 7.34. The van der Waals surface area contributed by atoms with Crippen LogP contribution < -0.4 is 5.73 Å². The SMILES string of the molecule is CCOC(=O)c1c(C)oc2nc(CN3CCCC(C(F)(F)F)C3)nc(N)c12. The van der Waals surface area contributed by atoms with Crippen molar-refractivity contribution in [3.05, 3.63) is 17.1 Å². The number of fused-ring (bicyclic) bond motifs is 1. The van der Waals surface area contributed by atoms with Gasteiger partial charge in [-0.3, -0.25) is 4.90 Å². The minimum atomic E-state index is -4.21. The number of nitrogen functional groups attached to an aromatic ring is 1. The fourth-order valence-corrected chi connectivity index (χ4v) is 3.37. The van der Waals surface area contributed by atoms with Crippen molar-refractivity contribution in [3.63, 3.8) is 0 Å². The van der Waals surface area contributed by atoms with Gasteiger partial charge in [-0.1, -0.05) is 0 Å². The van der Waals surface area contributed by atoms with Crippen LogP contribution in [-0.4, -0.2) is 46.7 Å². The highest BCUT2D eigenvalue weighted by Gasteiger charge is 2.41. The molecule has 10 heteroatoms. The highest BCUT2D eigenvalue weighted by atomic mass is 19.4. The molecule has 0 spiro atoms. The molecule has 0 amide bonds. The molecule has 0 saturated carbocycles. The first-order chi connectivity index (χ1) is 12.7. The lowest BCUT2D eigenvalue weighted by atomic mass is 9.97. The first-order valence-electron chi connectivity index (χ1n) is 8.72. The van der Waals surface area contributed by atoms with Crippen LogP contribution in [0.1, 0.15) is 41.7 Å². The van der Waals surface area contributed by atoms with Gasteiger partial charge in [0.15, 0.2) is 0 Å². The molecule has 3 rings (SSSR count). The predicted octanol–water partition coefficient (Wildman–Crippen LogP) is 3.06. The number of aryl methyl sites for hydroxylation is 1. The van der Waals surface area contributed by atoms with Gasteiger partial charge in [0.05, 0.1) is 24.5 Å². The molecule has 2 aromatic rings. The van der Waals surface area contributed by atoms with Gasteiger partial charge in [-0.15, -0.1) is 0 Å². The average Bonchev–Trinajstić information content (AvgIpc) is 2.91. The molecule has 3 heterocycles. The Morgan fingerprint density at radius 1 is 1.41 bits per heavy atom. The summed E-state index contributed by atoms with van der Waals surface area (Å²) in [7, 11) is 0. The summed E-state index contributed by atoms with van der Waals surface area (Å²) in [6.07, 6.45) is -3.63. The van der Waals surface area contributed by atoms with Crippen LogP contribution in [0.4, 0.5) is 19.0 Å². The second-order valence-corrected chi connectivity index (χ2v) is 6.57. The van der Waals surface area contributed by atoms with Crippen LogP contribution in [0, 0.1) is 12.8 Å². The minimum Gasteiger partial charge on any atom is -0.462 e. The molecule has 1 saturated heterocycles. The Morgan fingerprint density at radius 2 is 2.15 bits per heavy atom. The van der Waals surface area contributed by atoms with E-state index >= 15 is 0 Å². The molecule has 1 aliphatic heterocycles. The third kappa shape index (κ3) is 4.00. The Hall–Kier alpha value is -2.36. The van der Waals surface area contributed by atoms with Crippen LogP contribution in [0.2, 0.25) is 0 Å². The second-order valence-electron chi connectivity index (χ2n) is 6.57. The van der Waals surface area contributed by atoms with Crippen molar-refractivity contribution >= 4 is 22.9 Å². The van der Waals surface area contributed by atoms with E-state index in [1.807, 2.05) is 0 Å². The number of hydrogen-bond acceptors (Lipinski definition) is 7. The number of carbonyl (C=O) groups is 1. The lowest BCUT2D eigenvalue weighted by Gasteiger charge is -2.33. The van der Waals surface area contributed by atoms with E-state index in [-0.39, 0.29) is 54.4 Å². The highest BCUT2D eigenvalue weighted by Crippen LogP contribution is 2.34. The van der Waals surface area contributed by atoms with Crippen LogP contribution in [-0.2, 0) is 11.3 Å². The third-order valence-corrected chi connectivity index (χ3v) is 4.61. The fraction of sp³-hybridized carbons (Fsp3) is 0.588. The summed E-state index contributed by atoms with van der Waals surface area (Å²) >= 11 is 0. The number of hydrogen-bond donors (Lipinski definition) is 1. The molecule has 1 fully saturated rings. The minimum absolute atomic E-state index is 0.0410. The van der Waals surface area contributed by atoms with Gasteiger partial charge in [0, 0.05) is 6.54 Å². The van der Waals surface area contributed by atoms with Crippen LogP contribution in [0.15, 0.2) is 4.42 Å². The van der Waals surface area contributed by atoms with E-state index in [4.69, 9.17) is 14.9 Å².